The molecule has 0 aliphatic rings. The molecule has 3 nitrogen and oxygen atoms in total. The smallest absolute Gasteiger partial charge is 0.169 e. The first kappa shape index (κ1) is 7.97. The van der Waals surface area contributed by atoms with Crippen LogP contribution >= 0.6 is 23.3 Å². The Morgan fingerprint density at radius 2 is 2.70 bits per heavy atom. The average molecular weight is 176 g/mol. The molecular weight excluding hydrogens is 168 g/mol. The van der Waals surface area contributed by atoms with E-state index in [0.29, 0.717) is 5.75 Å². The summed E-state index contributed by atoms with van der Waals surface area (Å²) in [7, 11) is 0. The lowest BCUT2D eigenvalue weighted by Gasteiger charge is -1.98. The van der Waals surface area contributed by atoms with Crippen LogP contribution in [0.4, 0.5) is 0 Å². The van der Waals surface area contributed by atoms with Crippen LogP contribution in [0.2, 0.25) is 0 Å². The van der Waals surface area contributed by atoms with Crippen LogP contribution in [0.25, 0.3) is 0 Å². The van der Waals surface area contributed by atoms with E-state index >= 15 is 0 Å². The van der Waals surface area contributed by atoms with Gasteiger partial charge in [0.15, 0.2) is 4.34 Å². The van der Waals surface area contributed by atoms with Crippen LogP contribution in [0.1, 0.15) is 6.92 Å². The zero-order valence-corrected chi connectivity index (χ0v) is 7.15. The molecule has 5 heteroatoms. The van der Waals surface area contributed by atoms with E-state index in [1.807, 2.05) is 0 Å². The highest BCUT2D eigenvalue weighted by Gasteiger charge is 1.99. The van der Waals surface area contributed by atoms with E-state index < -0.39 is 0 Å². The highest BCUT2D eigenvalue weighted by atomic mass is 32.2. The fraction of sp³-hybridized carbons (Fsp3) is 0.600. The van der Waals surface area contributed by atoms with Crippen molar-refractivity contribution >= 4 is 23.3 Å². The van der Waals surface area contributed by atoms with Gasteiger partial charge in [0.05, 0.1) is 6.10 Å². The number of thioether (sulfide) groups is 1. The summed E-state index contributed by atoms with van der Waals surface area (Å²) in [4.78, 5) is 3.95. The molecule has 0 amide bonds. The second-order valence-electron chi connectivity index (χ2n) is 1.87. The number of hydrogen-bond acceptors (Lipinski definition) is 5. The fourth-order valence-electron chi connectivity index (χ4n) is 0.418. The molecule has 10 heavy (non-hydrogen) atoms. The second kappa shape index (κ2) is 3.90. The van der Waals surface area contributed by atoms with Gasteiger partial charge < -0.3 is 5.11 Å². The predicted molar refractivity (Wildman–Crippen MR) is 42.3 cm³/mol. The summed E-state index contributed by atoms with van der Waals surface area (Å²) in [6, 6.07) is 0. The zero-order chi connectivity index (χ0) is 7.40. The van der Waals surface area contributed by atoms with Crippen LogP contribution in [-0.2, 0) is 0 Å². The molecule has 0 radical (unpaired) electrons. The first-order valence-electron chi connectivity index (χ1n) is 2.86. The molecule has 0 saturated carbocycles. The monoisotopic (exact) mass is 176 g/mol. The molecule has 0 spiro atoms. The molecule has 0 fully saturated rings. The van der Waals surface area contributed by atoms with Crippen molar-refractivity contribution in [2.24, 2.45) is 0 Å². The van der Waals surface area contributed by atoms with E-state index in [1.54, 1.807) is 6.92 Å². The number of aliphatic hydroxyl groups excluding tert-OH is 1. The van der Waals surface area contributed by atoms with Crippen molar-refractivity contribution < 1.29 is 5.11 Å². The molecule has 56 valence electrons. The van der Waals surface area contributed by atoms with E-state index in [2.05, 4.69) is 9.36 Å². The molecule has 1 aromatic rings. The van der Waals surface area contributed by atoms with Crippen LogP contribution in [-0.4, -0.2) is 26.3 Å². The van der Waals surface area contributed by atoms with Gasteiger partial charge in [0.1, 0.15) is 6.33 Å². The van der Waals surface area contributed by atoms with Crippen LogP contribution in [0.15, 0.2) is 10.7 Å². The van der Waals surface area contributed by atoms with Crippen molar-refractivity contribution in [2.75, 3.05) is 5.75 Å². The summed E-state index contributed by atoms with van der Waals surface area (Å²) in [5.41, 5.74) is 0. The van der Waals surface area contributed by atoms with E-state index in [-0.39, 0.29) is 6.10 Å². The summed E-state index contributed by atoms with van der Waals surface area (Å²) in [5.74, 6) is 0.690. The van der Waals surface area contributed by atoms with Gasteiger partial charge >= 0.3 is 0 Å². The Balaban J connectivity index is 2.28. The van der Waals surface area contributed by atoms with E-state index in [9.17, 15) is 0 Å². The normalized spacial score (nSPS) is 13.4. The molecule has 0 unspecified atom stereocenters. The first-order chi connectivity index (χ1) is 4.79. The summed E-state index contributed by atoms with van der Waals surface area (Å²) < 4.78 is 4.75. The van der Waals surface area contributed by atoms with Crippen molar-refractivity contribution in [3.05, 3.63) is 6.33 Å². The Labute approximate surface area is 67.7 Å². The van der Waals surface area contributed by atoms with Gasteiger partial charge in [0.25, 0.3) is 0 Å². The molecule has 1 aromatic heterocycles. The summed E-state index contributed by atoms with van der Waals surface area (Å²) in [6.07, 6.45) is 1.25. The Hall–Kier alpha value is -0.130. The average Bonchev–Trinajstić information content (AvgIpc) is 2.34. The maximum Gasteiger partial charge on any atom is 0.169 e. The molecular formula is C5H8N2OS2. The van der Waals surface area contributed by atoms with E-state index in [0.717, 1.165) is 4.34 Å². The molecule has 0 bridgehead atoms. The minimum atomic E-state index is -0.270. The lowest BCUT2D eigenvalue weighted by Crippen LogP contribution is -2.01. The van der Waals surface area contributed by atoms with Crippen molar-refractivity contribution in [3.63, 3.8) is 0 Å². The molecule has 1 rings (SSSR count). The lowest BCUT2D eigenvalue weighted by molar-refractivity contribution is 0.220. The minimum Gasteiger partial charge on any atom is -0.393 e. The van der Waals surface area contributed by atoms with Crippen LogP contribution in [0.3, 0.4) is 0 Å². The third-order valence-electron chi connectivity index (χ3n) is 0.789. The number of nitrogens with zero attached hydrogens (tertiary/aromatic N) is 2. The summed E-state index contributed by atoms with van der Waals surface area (Å²) in [5, 5.41) is 8.89. The number of rotatable bonds is 3. The van der Waals surface area contributed by atoms with E-state index in [1.165, 1.54) is 29.6 Å². The Bertz CT molecular complexity index is 176. The number of aliphatic hydroxyl groups is 1. The largest absolute Gasteiger partial charge is 0.393 e. The molecule has 1 N–H and O–H groups in total. The van der Waals surface area contributed by atoms with Crippen molar-refractivity contribution in [2.45, 2.75) is 17.4 Å². The second-order valence-corrected chi connectivity index (χ2v) is 3.91. The van der Waals surface area contributed by atoms with Gasteiger partial charge in [0.2, 0.25) is 0 Å². The maximum absolute atomic E-state index is 8.89. The topological polar surface area (TPSA) is 46.0 Å². The Morgan fingerprint density at radius 1 is 1.90 bits per heavy atom. The minimum absolute atomic E-state index is 0.270. The molecule has 0 aromatic carbocycles. The van der Waals surface area contributed by atoms with Crippen LogP contribution in [0.5, 0.6) is 0 Å². The molecule has 0 aliphatic heterocycles. The van der Waals surface area contributed by atoms with Crippen molar-refractivity contribution in [1.82, 2.24) is 9.36 Å². The quantitative estimate of drug-likeness (QED) is 0.698. The maximum atomic E-state index is 8.89. The van der Waals surface area contributed by atoms with Gasteiger partial charge in [-0.25, -0.2) is 4.98 Å². The van der Waals surface area contributed by atoms with Gasteiger partial charge in [-0.15, -0.1) is 0 Å². The standard InChI is InChI=1S/C5H8N2OS2/c1-4(8)2-9-5-6-3-7-10-5/h3-4,8H,2H2,1H3/t4-/m1/s1. The number of aromatic nitrogens is 2. The van der Waals surface area contributed by atoms with Gasteiger partial charge in [-0.05, 0) is 18.5 Å². The van der Waals surface area contributed by atoms with Crippen LogP contribution < -0.4 is 0 Å². The van der Waals surface area contributed by atoms with Gasteiger partial charge in [-0.2, -0.15) is 4.37 Å². The Morgan fingerprint density at radius 3 is 3.20 bits per heavy atom. The highest BCUT2D eigenvalue weighted by Crippen LogP contribution is 2.18. The highest BCUT2D eigenvalue weighted by molar-refractivity contribution is 8.00. The van der Waals surface area contributed by atoms with Gasteiger partial charge in [-0.3, -0.25) is 0 Å². The molecule has 1 heterocycles. The number of hydrogen-bond donors (Lipinski definition) is 1. The third kappa shape index (κ3) is 2.64. The zero-order valence-electron chi connectivity index (χ0n) is 5.52. The van der Waals surface area contributed by atoms with Gasteiger partial charge in [-0.1, -0.05) is 11.8 Å². The van der Waals surface area contributed by atoms with E-state index in [4.69, 9.17) is 5.11 Å². The van der Waals surface area contributed by atoms with Crippen molar-refractivity contribution in [3.8, 4) is 0 Å². The summed E-state index contributed by atoms with van der Waals surface area (Å²) >= 11 is 2.89. The molecule has 1 atom stereocenters. The Kier molecular flexibility index (Phi) is 3.11. The van der Waals surface area contributed by atoms with Gasteiger partial charge in [0, 0.05) is 5.75 Å². The SMILES string of the molecule is C[C@@H](O)CSc1ncns1. The van der Waals surface area contributed by atoms with Crippen molar-refractivity contribution in [1.29, 1.82) is 0 Å². The predicted octanol–water partition coefficient (Wildman–Crippen LogP) is 1.01. The first-order valence-corrected chi connectivity index (χ1v) is 4.62. The summed E-state index contributed by atoms with van der Waals surface area (Å²) in [6.45, 7) is 1.76. The van der Waals surface area contributed by atoms with Crippen LogP contribution in [0, 0.1) is 0 Å². The fourth-order valence-corrected chi connectivity index (χ4v) is 1.75. The molecule has 0 aliphatic carbocycles. The molecule has 0 saturated heterocycles. The third-order valence-corrected chi connectivity index (χ3v) is 2.83. The lowest BCUT2D eigenvalue weighted by atomic mass is 10.5.